The summed E-state index contributed by atoms with van der Waals surface area (Å²) in [4.78, 5) is 15.1. The zero-order valence-electron chi connectivity index (χ0n) is 15.3. The van der Waals surface area contributed by atoms with Gasteiger partial charge in [0.15, 0.2) is 0 Å². The van der Waals surface area contributed by atoms with Crippen molar-refractivity contribution in [1.82, 2.24) is 4.90 Å². The number of carbonyl (C=O) groups is 1. The number of thioether (sulfide) groups is 1. The minimum absolute atomic E-state index is 0.0785. The quantitative estimate of drug-likeness (QED) is 0.490. The molecule has 0 saturated carbocycles. The van der Waals surface area contributed by atoms with E-state index in [2.05, 4.69) is 0 Å². The molecule has 0 aliphatic carbocycles. The Bertz CT molecular complexity index is 865. The van der Waals surface area contributed by atoms with Crippen molar-refractivity contribution in [2.45, 2.75) is 20.4 Å². The first-order chi connectivity index (χ1) is 13.1. The van der Waals surface area contributed by atoms with Crippen molar-refractivity contribution >= 4 is 40.3 Å². The number of carbonyl (C=O) groups excluding carboxylic acids is 1. The summed E-state index contributed by atoms with van der Waals surface area (Å²) >= 11 is 6.74. The maximum absolute atomic E-state index is 12.8. The van der Waals surface area contributed by atoms with Crippen LogP contribution in [0.3, 0.4) is 0 Å². The molecule has 3 rings (SSSR count). The van der Waals surface area contributed by atoms with E-state index in [0.29, 0.717) is 34.7 Å². The van der Waals surface area contributed by atoms with Gasteiger partial charge >= 0.3 is 0 Å². The van der Waals surface area contributed by atoms with E-state index >= 15 is 0 Å². The Labute approximate surface area is 169 Å². The van der Waals surface area contributed by atoms with Gasteiger partial charge < -0.3 is 9.47 Å². The molecule has 0 spiro atoms. The van der Waals surface area contributed by atoms with E-state index in [0.717, 1.165) is 16.9 Å². The van der Waals surface area contributed by atoms with E-state index in [9.17, 15) is 4.79 Å². The summed E-state index contributed by atoms with van der Waals surface area (Å²) in [6.07, 6.45) is 1.84. The van der Waals surface area contributed by atoms with E-state index in [1.54, 1.807) is 4.90 Å². The number of rotatable bonds is 7. The third-order valence-electron chi connectivity index (χ3n) is 3.94. The number of nitrogens with zero attached hydrogens (tertiary/aromatic N) is 1. The molecule has 1 heterocycles. The molecule has 140 valence electrons. The average Bonchev–Trinajstić information content (AvgIpc) is 2.93. The molecule has 1 aliphatic rings. The second-order valence-corrected chi connectivity index (χ2v) is 7.49. The lowest BCUT2D eigenvalue weighted by molar-refractivity contribution is -0.122. The van der Waals surface area contributed by atoms with Gasteiger partial charge in [-0.3, -0.25) is 9.69 Å². The van der Waals surface area contributed by atoms with Crippen LogP contribution in [0, 0.1) is 0 Å². The van der Waals surface area contributed by atoms with Crippen molar-refractivity contribution in [3.8, 4) is 11.5 Å². The van der Waals surface area contributed by atoms with Crippen molar-refractivity contribution in [3.63, 3.8) is 0 Å². The maximum atomic E-state index is 12.8. The van der Waals surface area contributed by atoms with E-state index < -0.39 is 0 Å². The van der Waals surface area contributed by atoms with E-state index in [4.69, 9.17) is 21.7 Å². The molecule has 0 aromatic heterocycles. The summed E-state index contributed by atoms with van der Waals surface area (Å²) in [6, 6.07) is 15.5. The van der Waals surface area contributed by atoms with Crippen molar-refractivity contribution < 1.29 is 14.3 Å². The molecule has 0 N–H and O–H groups in total. The zero-order chi connectivity index (χ0) is 19.2. The van der Waals surface area contributed by atoms with Gasteiger partial charge in [0.2, 0.25) is 0 Å². The first-order valence-electron chi connectivity index (χ1n) is 8.81. The molecular formula is C21H21NO3S2. The van der Waals surface area contributed by atoms with Crippen LogP contribution in [0.5, 0.6) is 11.5 Å². The molecule has 0 bridgehead atoms. The summed E-state index contributed by atoms with van der Waals surface area (Å²) in [5, 5.41) is 0. The highest BCUT2D eigenvalue weighted by Gasteiger charge is 2.32. The largest absolute Gasteiger partial charge is 0.494 e. The van der Waals surface area contributed by atoms with Crippen LogP contribution < -0.4 is 9.47 Å². The summed E-state index contributed by atoms with van der Waals surface area (Å²) in [7, 11) is 0. The third-order valence-corrected chi connectivity index (χ3v) is 5.32. The second kappa shape index (κ2) is 9.06. The Morgan fingerprint density at radius 3 is 2.52 bits per heavy atom. The Morgan fingerprint density at radius 2 is 1.81 bits per heavy atom. The summed E-state index contributed by atoms with van der Waals surface area (Å²) in [6.45, 7) is 5.46. The predicted molar refractivity (Wildman–Crippen MR) is 114 cm³/mol. The lowest BCUT2D eigenvalue weighted by Gasteiger charge is -2.14. The normalized spacial score (nSPS) is 15.5. The van der Waals surface area contributed by atoms with Crippen LogP contribution in [0.2, 0.25) is 0 Å². The van der Waals surface area contributed by atoms with E-state index in [-0.39, 0.29) is 5.91 Å². The van der Waals surface area contributed by atoms with Crippen LogP contribution >= 0.6 is 24.0 Å². The fourth-order valence-corrected chi connectivity index (χ4v) is 3.96. The molecule has 2 aromatic carbocycles. The first-order valence-corrected chi connectivity index (χ1v) is 10.0. The fourth-order valence-electron chi connectivity index (χ4n) is 2.71. The molecule has 0 unspecified atom stereocenters. The molecule has 1 fully saturated rings. The zero-order valence-corrected chi connectivity index (χ0v) is 16.9. The van der Waals surface area contributed by atoms with Gasteiger partial charge in [-0.1, -0.05) is 54.3 Å². The van der Waals surface area contributed by atoms with Crippen molar-refractivity contribution in [2.24, 2.45) is 0 Å². The lowest BCUT2D eigenvalue weighted by Crippen LogP contribution is -2.27. The van der Waals surface area contributed by atoms with E-state index in [1.807, 2.05) is 68.5 Å². The molecule has 2 aromatic rings. The lowest BCUT2D eigenvalue weighted by atomic mass is 10.1. The van der Waals surface area contributed by atoms with Gasteiger partial charge in [-0.15, -0.1) is 0 Å². The number of hydrogen-bond acceptors (Lipinski definition) is 5. The molecule has 6 heteroatoms. The Morgan fingerprint density at radius 1 is 1.07 bits per heavy atom. The smallest absolute Gasteiger partial charge is 0.266 e. The van der Waals surface area contributed by atoms with Gasteiger partial charge in [0.25, 0.3) is 5.91 Å². The Hall–Kier alpha value is -2.31. The molecule has 1 aliphatic heterocycles. The molecule has 0 atom stereocenters. The highest BCUT2D eigenvalue weighted by molar-refractivity contribution is 8.26. The minimum atomic E-state index is -0.0785. The van der Waals surface area contributed by atoms with Crippen LogP contribution in [0.4, 0.5) is 0 Å². The van der Waals surface area contributed by atoms with Crippen molar-refractivity contribution in [2.75, 3.05) is 13.2 Å². The van der Waals surface area contributed by atoms with Gasteiger partial charge in [-0.2, -0.15) is 0 Å². The monoisotopic (exact) mass is 399 g/mol. The molecule has 4 nitrogen and oxygen atoms in total. The molecule has 27 heavy (non-hydrogen) atoms. The third kappa shape index (κ3) is 4.70. The number of hydrogen-bond donors (Lipinski definition) is 0. The SMILES string of the molecule is CCOc1ccc(C=C2SC(=S)N(Cc3ccccc3)C2=O)c(OCC)c1. The molecular weight excluding hydrogens is 378 g/mol. The van der Waals surface area contributed by atoms with Crippen LogP contribution in [-0.2, 0) is 11.3 Å². The first kappa shape index (κ1) is 19.5. The summed E-state index contributed by atoms with van der Waals surface area (Å²) < 4.78 is 11.8. The predicted octanol–water partition coefficient (Wildman–Crippen LogP) is 4.89. The van der Waals surface area contributed by atoms with Gasteiger partial charge in [-0.25, -0.2) is 0 Å². The van der Waals surface area contributed by atoms with E-state index in [1.165, 1.54) is 11.8 Å². The number of ether oxygens (including phenoxy) is 2. The number of amides is 1. The Balaban J connectivity index is 1.84. The Kier molecular flexibility index (Phi) is 6.53. The highest BCUT2D eigenvalue weighted by Crippen LogP contribution is 2.36. The molecule has 0 radical (unpaired) electrons. The van der Waals surface area contributed by atoms with Gasteiger partial charge in [0.05, 0.1) is 24.7 Å². The van der Waals surface area contributed by atoms with Crippen LogP contribution in [-0.4, -0.2) is 28.3 Å². The van der Waals surface area contributed by atoms with Crippen LogP contribution in [0.15, 0.2) is 53.4 Å². The highest BCUT2D eigenvalue weighted by atomic mass is 32.2. The average molecular weight is 400 g/mol. The topological polar surface area (TPSA) is 38.8 Å². The van der Waals surface area contributed by atoms with Gasteiger partial charge in [-0.05, 0) is 37.6 Å². The number of benzene rings is 2. The standard InChI is InChI=1S/C21H21NO3S2/c1-3-24-17-11-10-16(18(13-17)25-4-2)12-19-20(23)22(21(26)27-19)14-15-8-6-5-7-9-15/h5-13H,3-4,14H2,1-2H3. The number of thiocarbonyl (C=S) groups is 1. The van der Waals surface area contributed by atoms with Crippen LogP contribution in [0.1, 0.15) is 25.0 Å². The van der Waals surface area contributed by atoms with Gasteiger partial charge in [0.1, 0.15) is 15.8 Å². The van der Waals surface area contributed by atoms with Gasteiger partial charge in [0, 0.05) is 11.6 Å². The van der Waals surface area contributed by atoms with Crippen molar-refractivity contribution in [3.05, 3.63) is 64.6 Å². The van der Waals surface area contributed by atoms with Crippen LogP contribution in [0.25, 0.3) is 6.08 Å². The summed E-state index contributed by atoms with van der Waals surface area (Å²) in [5.74, 6) is 1.36. The van der Waals surface area contributed by atoms with Crippen molar-refractivity contribution in [1.29, 1.82) is 0 Å². The fraction of sp³-hybridized carbons (Fsp3) is 0.238. The molecule has 1 amide bonds. The molecule has 1 saturated heterocycles. The maximum Gasteiger partial charge on any atom is 0.266 e. The summed E-state index contributed by atoms with van der Waals surface area (Å²) in [5.41, 5.74) is 1.88. The minimum Gasteiger partial charge on any atom is -0.494 e. The second-order valence-electron chi connectivity index (χ2n) is 5.82.